The quantitative estimate of drug-likeness (QED) is 0.882. The predicted octanol–water partition coefficient (Wildman–Crippen LogP) is 2.64. The van der Waals surface area contributed by atoms with E-state index < -0.39 is 5.60 Å². The van der Waals surface area contributed by atoms with Gasteiger partial charge >= 0.3 is 0 Å². The Labute approximate surface area is 139 Å². The maximum absolute atomic E-state index is 12.9. The van der Waals surface area contributed by atoms with Gasteiger partial charge < -0.3 is 10.0 Å². The van der Waals surface area contributed by atoms with Crippen LogP contribution in [0.3, 0.4) is 0 Å². The molecule has 4 nitrogen and oxygen atoms in total. The highest BCUT2D eigenvalue weighted by Gasteiger charge is 2.20. The fraction of sp³-hybridized carbons (Fsp3) is 0.412. The summed E-state index contributed by atoms with van der Waals surface area (Å²) in [5.74, 6) is -0.334. The number of hydrogen-bond donors (Lipinski definition) is 1. The van der Waals surface area contributed by atoms with E-state index in [2.05, 4.69) is 4.98 Å². The number of amides is 1. The number of halogens is 1. The Morgan fingerprint density at radius 1 is 1.35 bits per heavy atom. The molecular weight excluding hydrogens is 315 g/mol. The van der Waals surface area contributed by atoms with Crippen LogP contribution in [0.4, 0.5) is 4.39 Å². The van der Waals surface area contributed by atoms with Gasteiger partial charge in [0.25, 0.3) is 0 Å². The minimum absolute atomic E-state index is 0.0780. The smallest absolute Gasteiger partial charge is 0.228 e. The van der Waals surface area contributed by atoms with Gasteiger partial charge in [0.15, 0.2) is 0 Å². The van der Waals surface area contributed by atoms with Gasteiger partial charge in [-0.1, -0.05) is 12.1 Å². The summed E-state index contributed by atoms with van der Waals surface area (Å²) in [6.45, 7) is 3.61. The molecule has 0 bridgehead atoms. The summed E-state index contributed by atoms with van der Waals surface area (Å²) in [4.78, 5) is 18.1. The van der Waals surface area contributed by atoms with Gasteiger partial charge in [-0.2, -0.15) is 0 Å². The van der Waals surface area contributed by atoms with Crippen molar-refractivity contribution >= 4 is 17.2 Å². The largest absolute Gasteiger partial charge is 0.389 e. The standard InChI is InChI=1S/C17H21FN2O2S/c1-17(2,22)11-20(3)16(21)9-14-10-23-15(19-14)8-12-4-6-13(18)7-5-12/h4-7,10,22H,8-9,11H2,1-3H3. The maximum atomic E-state index is 12.9. The van der Waals surface area contributed by atoms with E-state index >= 15 is 0 Å². The van der Waals surface area contributed by atoms with E-state index in [9.17, 15) is 14.3 Å². The van der Waals surface area contributed by atoms with Crippen molar-refractivity contribution in [2.75, 3.05) is 13.6 Å². The lowest BCUT2D eigenvalue weighted by molar-refractivity contribution is -0.131. The van der Waals surface area contributed by atoms with Crippen LogP contribution in [0.5, 0.6) is 0 Å². The SMILES string of the molecule is CN(CC(C)(C)O)C(=O)Cc1csc(Cc2ccc(F)cc2)n1. The van der Waals surface area contributed by atoms with Crippen LogP contribution < -0.4 is 0 Å². The number of thiazole rings is 1. The third-order valence-electron chi connectivity index (χ3n) is 3.25. The lowest BCUT2D eigenvalue weighted by atomic mass is 10.1. The molecule has 1 aromatic heterocycles. The minimum atomic E-state index is -0.916. The number of likely N-dealkylation sites (N-methyl/N-ethyl adjacent to an activating group) is 1. The Hall–Kier alpha value is -1.79. The summed E-state index contributed by atoms with van der Waals surface area (Å²) in [6.07, 6.45) is 0.838. The van der Waals surface area contributed by atoms with Crippen molar-refractivity contribution in [3.05, 3.63) is 51.7 Å². The molecular formula is C17H21FN2O2S. The highest BCUT2D eigenvalue weighted by atomic mass is 32.1. The average Bonchev–Trinajstić information content (AvgIpc) is 2.86. The van der Waals surface area contributed by atoms with Gasteiger partial charge in [-0.15, -0.1) is 11.3 Å². The summed E-state index contributed by atoms with van der Waals surface area (Å²) >= 11 is 1.49. The fourth-order valence-corrected chi connectivity index (χ4v) is 3.07. The van der Waals surface area contributed by atoms with Crippen molar-refractivity contribution in [2.24, 2.45) is 0 Å². The Bertz CT molecular complexity index is 662. The van der Waals surface area contributed by atoms with Gasteiger partial charge in [0.2, 0.25) is 5.91 Å². The van der Waals surface area contributed by atoms with E-state index in [-0.39, 0.29) is 24.7 Å². The molecule has 0 fully saturated rings. The molecule has 1 amide bonds. The van der Waals surface area contributed by atoms with Gasteiger partial charge in [-0.3, -0.25) is 4.79 Å². The van der Waals surface area contributed by atoms with Gasteiger partial charge in [0.1, 0.15) is 5.82 Å². The molecule has 0 radical (unpaired) electrons. The van der Waals surface area contributed by atoms with Crippen molar-refractivity contribution in [3.8, 4) is 0 Å². The lowest BCUT2D eigenvalue weighted by Gasteiger charge is -2.25. The topological polar surface area (TPSA) is 53.4 Å². The number of carbonyl (C=O) groups is 1. The molecule has 2 rings (SSSR count). The highest BCUT2D eigenvalue weighted by molar-refractivity contribution is 7.09. The first kappa shape index (κ1) is 17.6. The summed E-state index contributed by atoms with van der Waals surface area (Å²) < 4.78 is 12.9. The van der Waals surface area contributed by atoms with Crippen molar-refractivity contribution in [1.29, 1.82) is 0 Å². The van der Waals surface area contributed by atoms with Crippen LogP contribution in [0.1, 0.15) is 30.1 Å². The third-order valence-corrected chi connectivity index (χ3v) is 4.15. The number of nitrogens with zero attached hydrogens (tertiary/aromatic N) is 2. The molecule has 6 heteroatoms. The zero-order valence-electron chi connectivity index (χ0n) is 13.5. The summed E-state index contributed by atoms with van der Waals surface area (Å²) in [5, 5.41) is 12.5. The van der Waals surface area contributed by atoms with Crippen LogP contribution in [0.15, 0.2) is 29.6 Å². The first-order valence-electron chi connectivity index (χ1n) is 7.37. The molecule has 1 aromatic carbocycles. The number of carbonyl (C=O) groups excluding carboxylic acids is 1. The molecule has 0 aliphatic rings. The highest BCUT2D eigenvalue weighted by Crippen LogP contribution is 2.16. The Morgan fingerprint density at radius 2 is 2.00 bits per heavy atom. The van der Waals surface area contributed by atoms with Crippen LogP contribution in [-0.4, -0.2) is 40.1 Å². The molecule has 0 aliphatic heterocycles. The first-order valence-corrected chi connectivity index (χ1v) is 8.25. The van der Waals surface area contributed by atoms with Gasteiger partial charge in [0.05, 0.1) is 22.7 Å². The summed E-state index contributed by atoms with van der Waals surface area (Å²) in [6, 6.07) is 6.33. The Morgan fingerprint density at radius 3 is 2.61 bits per heavy atom. The zero-order valence-corrected chi connectivity index (χ0v) is 14.4. The molecule has 0 spiro atoms. The van der Waals surface area contributed by atoms with E-state index in [1.165, 1.54) is 28.4 Å². The van der Waals surface area contributed by atoms with Crippen molar-refractivity contribution < 1.29 is 14.3 Å². The molecule has 1 heterocycles. The first-order chi connectivity index (χ1) is 10.7. The van der Waals surface area contributed by atoms with E-state index in [1.807, 2.05) is 5.38 Å². The number of benzene rings is 1. The molecule has 2 aromatic rings. The van der Waals surface area contributed by atoms with Crippen molar-refractivity contribution in [2.45, 2.75) is 32.3 Å². The number of hydrogen-bond acceptors (Lipinski definition) is 4. The van der Waals surface area contributed by atoms with E-state index in [0.717, 1.165) is 16.3 Å². The second-order valence-electron chi connectivity index (χ2n) is 6.27. The lowest BCUT2D eigenvalue weighted by Crippen LogP contribution is -2.40. The second-order valence-corrected chi connectivity index (χ2v) is 7.22. The van der Waals surface area contributed by atoms with Crippen LogP contribution in [0.25, 0.3) is 0 Å². The molecule has 0 atom stereocenters. The van der Waals surface area contributed by atoms with Crippen molar-refractivity contribution in [3.63, 3.8) is 0 Å². The summed E-state index contributed by atoms with van der Waals surface area (Å²) in [5.41, 5.74) is 0.790. The maximum Gasteiger partial charge on any atom is 0.228 e. The van der Waals surface area contributed by atoms with E-state index in [0.29, 0.717) is 6.42 Å². The van der Waals surface area contributed by atoms with Crippen molar-refractivity contribution in [1.82, 2.24) is 9.88 Å². The molecule has 0 aliphatic carbocycles. The Kier molecular flexibility index (Phi) is 5.49. The molecule has 0 saturated carbocycles. The van der Waals surface area contributed by atoms with E-state index in [4.69, 9.17) is 0 Å². The fourth-order valence-electron chi connectivity index (χ4n) is 2.25. The molecule has 1 N–H and O–H groups in total. The second kappa shape index (κ2) is 7.19. The molecule has 124 valence electrons. The third kappa shape index (κ3) is 5.73. The molecule has 23 heavy (non-hydrogen) atoms. The van der Waals surface area contributed by atoms with Gasteiger partial charge in [0, 0.05) is 25.4 Å². The average molecular weight is 336 g/mol. The van der Waals surface area contributed by atoms with Crippen LogP contribution in [0, 0.1) is 5.82 Å². The number of rotatable bonds is 6. The molecule has 0 unspecified atom stereocenters. The predicted molar refractivity (Wildman–Crippen MR) is 89.0 cm³/mol. The van der Waals surface area contributed by atoms with Gasteiger partial charge in [-0.05, 0) is 31.5 Å². The monoisotopic (exact) mass is 336 g/mol. The minimum Gasteiger partial charge on any atom is -0.389 e. The number of aromatic nitrogens is 1. The van der Waals surface area contributed by atoms with Crippen LogP contribution in [0.2, 0.25) is 0 Å². The van der Waals surface area contributed by atoms with Gasteiger partial charge in [-0.25, -0.2) is 9.37 Å². The Balaban J connectivity index is 1.94. The van der Waals surface area contributed by atoms with Crippen LogP contribution >= 0.6 is 11.3 Å². The number of aliphatic hydroxyl groups is 1. The normalized spacial score (nSPS) is 11.5. The molecule has 0 saturated heterocycles. The summed E-state index contributed by atoms with van der Waals surface area (Å²) in [7, 11) is 1.67. The zero-order chi connectivity index (χ0) is 17.0. The van der Waals surface area contributed by atoms with Crippen LogP contribution in [-0.2, 0) is 17.6 Å². The van der Waals surface area contributed by atoms with E-state index in [1.54, 1.807) is 33.0 Å².